The molecule has 0 saturated carbocycles. The molecule has 0 aromatic carbocycles. The summed E-state index contributed by atoms with van der Waals surface area (Å²) in [6.07, 6.45) is -0.572. The van der Waals surface area contributed by atoms with Gasteiger partial charge in [0.2, 0.25) is 0 Å². The van der Waals surface area contributed by atoms with E-state index in [-0.39, 0.29) is 94.0 Å². The molecule has 86 valence electrons. The maximum atomic E-state index is 10.7. The number of carbonyl (C=O) groups excluding carboxylic acids is 4. The Kier molecular flexibility index (Phi) is 16.9. The van der Waals surface area contributed by atoms with Crippen molar-refractivity contribution < 1.29 is 34.4 Å². The van der Waals surface area contributed by atoms with Crippen LogP contribution < -0.4 is 0 Å². The van der Waals surface area contributed by atoms with Crippen molar-refractivity contribution in [2.75, 3.05) is 0 Å². The van der Waals surface area contributed by atoms with E-state index >= 15 is 0 Å². The van der Waals surface area contributed by atoms with E-state index < -0.39 is 23.9 Å². The van der Waals surface area contributed by atoms with Crippen LogP contribution in [-0.2, 0) is 28.7 Å². The molecule has 0 amide bonds. The van der Waals surface area contributed by atoms with Crippen LogP contribution >= 0.6 is 0 Å². The van der Waals surface area contributed by atoms with Crippen LogP contribution in [0.25, 0.3) is 0 Å². The van der Waals surface area contributed by atoms with E-state index in [1.54, 1.807) is 0 Å². The molecule has 0 spiro atoms. The Labute approximate surface area is 158 Å². The molecule has 0 rings (SSSR count). The molecular formula is C8H14Ca2O6. The zero-order valence-electron chi connectivity index (χ0n) is 13.3. The minimum Gasteiger partial charge on any atom is -1.00 e. The summed E-state index contributed by atoms with van der Waals surface area (Å²) in [6.45, 7) is 2.15. The second-order valence-electron chi connectivity index (χ2n) is 2.43. The molecule has 0 N–H and O–H groups in total. The van der Waals surface area contributed by atoms with Crippen molar-refractivity contribution in [3.05, 3.63) is 0 Å². The van der Waals surface area contributed by atoms with Gasteiger partial charge in [0.15, 0.2) is 0 Å². The van der Waals surface area contributed by atoms with E-state index in [4.69, 9.17) is 0 Å². The molecule has 0 fully saturated rings. The first-order chi connectivity index (χ1) is 6.41. The number of hydrogen-bond acceptors (Lipinski definition) is 6. The Morgan fingerprint density at radius 3 is 1.25 bits per heavy atom. The monoisotopic (exact) mass is 286 g/mol. The summed E-state index contributed by atoms with van der Waals surface area (Å²) in [4.78, 5) is 41.9. The van der Waals surface area contributed by atoms with Crippen LogP contribution in [0.15, 0.2) is 0 Å². The topological polar surface area (TPSA) is 86.7 Å². The average molecular weight is 286 g/mol. The van der Waals surface area contributed by atoms with Gasteiger partial charge in [-0.25, -0.2) is 0 Å². The summed E-state index contributed by atoms with van der Waals surface area (Å²) in [5, 5.41) is 0. The Morgan fingerprint density at radius 2 is 1.06 bits per heavy atom. The maximum absolute atomic E-state index is 10.7. The SMILES string of the molecule is CC(=O)OC(=O)CCC(=O)OC(C)=O.[Ca+2].[Ca+2].[H-].[H-].[H-].[H-]. The van der Waals surface area contributed by atoms with E-state index in [2.05, 4.69) is 9.47 Å². The molecule has 0 aliphatic carbocycles. The number of esters is 4. The van der Waals surface area contributed by atoms with Crippen LogP contribution in [0.2, 0.25) is 0 Å². The molecule has 16 heavy (non-hydrogen) atoms. The number of rotatable bonds is 3. The van der Waals surface area contributed by atoms with Gasteiger partial charge in [-0.3, -0.25) is 19.2 Å². The zero-order chi connectivity index (χ0) is 11.1. The van der Waals surface area contributed by atoms with Gasteiger partial charge in [-0.05, 0) is 0 Å². The third-order valence-electron chi connectivity index (χ3n) is 1.05. The van der Waals surface area contributed by atoms with E-state index in [9.17, 15) is 19.2 Å². The third-order valence-corrected chi connectivity index (χ3v) is 1.05. The number of ether oxygens (including phenoxy) is 2. The fraction of sp³-hybridized carbons (Fsp3) is 0.500. The summed E-state index contributed by atoms with van der Waals surface area (Å²) in [5.41, 5.74) is 0. The predicted molar refractivity (Wildman–Crippen MR) is 58.7 cm³/mol. The van der Waals surface area contributed by atoms with Crippen LogP contribution in [0.3, 0.4) is 0 Å². The molecule has 0 radical (unpaired) electrons. The molecule has 0 aromatic heterocycles. The first kappa shape index (κ1) is 22.0. The summed E-state index contributed by atoms with van der Waals surface area (Å²) < 4.78 is 8.27. The van der Waals surface area contributed by atoms with Crippen molar-refractivity contribution in [2.45, 2.75) is 26.7 Å². The molecule has 0 saturated heterocycles. The smallest absolute Gasteiger partial charge is 1.00 e. The van der Waals surface area contributed by atoms with Crippen molar-refractivity contribution in [1.29, 1.82) is 0 Å². The first-order valence-electron chi connectivity index (χ1n) is 3.84. The van der Waals surface area contributed by atoms with Gasteiger partial charge in [0.25, 0.3) is 0 Å². The van der Waals surface area contributed by atoms with Gasteiger partial charge in [-0.2, -0.15) is 0 Å². The molecule has 0 heterocycles. The van der Waals surface area contributed by atoms with Gasteiger partial charge in [0, 0.05) is 13.8 Å². The number of hydrogen-bond donors (Lipinski definition) is 0. The Balaban J connectivity index is -0.0000000563. The number of carbonyl (C=O) groups is 4. The summed E-state index contributed by atoms with van der Waals surface area (Å²) in [7, 11) is 0. The van der Waals surface area contributed by atoms with Gasteiger partial charge >= 0.3 is 99.4 Å². The maximum Gasteiger partial charge on any atom is 2.00 e. The molecular weight excluding hydrogens is 272 g/mol. The van der Waals surface area contributed by atoms with Crippen LogP contribution in [0.5, 0.6) is 0 Å². The normalized spacial score (nSPS) is 7.88. The van der Waals surface area contributed by atoms with Crippen LogP contribution in [0.4, 0.5) is 0 Å². The van der Waals surface area contributed by atoms with Crippen molar-refractivity contribution in [3.63, 3.8) is 0 Å². The summed E-state index contributed by atoms with van der Waals surface area (Å²) in [6, 6.07) is 0. The van der Waals surface area contributed by atoms with Gasteiger partial charge in [0.1, 0.15) is 0 Å². The fourth-order valence-electron chi connectivity index (χ4n) is 0.627. The second kappa shape index (κ2) is 12.3. The van der Waals surface area contributed by atoms with Crippen LogP contribution in [-0.4, -0.2) is 99.4 Å². The quantitative estimate of drug-likeness (QED) is 0.400. The minimum atomic E-state index is -0.821. The predicted octanol–water partition coefficient (Wildman–Crippen LogP) is -0.366. The van der Waals surface area contributed by atoms with Gasteiger partial charge in [-0.1, -0.05) is 0 Å². The molecule has 0 aliphatic heterocycles. The largest absolute Gasteiger partial charge is 2.00 e. The zero-order valence-corrected chi connectivity index (χ0v) is 13.7. The van der Waals surface area contributed by atoms with Crippen LogP contribution in [0.1, 0.15) is 32.4 Å². The van der Waals surface area contributed by atoms with E-state index in [0.29, 0.717) is 0 Å². The van der Waals surface area contributed by atoms with E-state index in [1.165, 1.54) is 0 Å². The fourth-order valence-corrected chi connectivity index (χ4v) is 0.627. The Morgan fingerprint density at radius 1 is 0.812 bits per heavy atom. The molecule has 6 nitrogen and oxygen atoms in total. The molecule has 0 aromatic rings. The molecule has 0 aliphatic rings. The second-order valence-corrected chi connectivity index (χ2v) is 2.43. The first-order valence-corrected chi connectivity index (χ1v) is 3.84. The van der Waals surface area contributed by atoms with Gasteiger partial charge < -0.3 is 15.2 Å². The molecule has 0 unspecified atom stereocenters. The summed E-state index contributed by atoms with van der Waals surface area (Å²) in [5.74, 6) is -3.12. The average Bonchev–Trinajstić information content (AvgIpc) is 1.98. The van der Waals surface area contributed by atoms with Crippen LogP contribution in [0, 0.1) is 0 Å². The van der Waals surface area contributed by atoms with E-state index in [0.717, 1.165) is 13.8 Å². The van der Waals surface area contributed by atoms with Crippen molar-refractivity contribution in [1.82, 2.24) is 0 Å². The van der Waals surface area contributed by atoms with Crippen molar-refractivity contribution in [2.24, 2.45) is 0 Å². The van der Waals surface area contributed by atoms with Crippen molar-refractivity contribution in [3.8, 4) is 0 Å². The van der Waals surface area contributed by atoms with Gasteiger partial charge in [0.05, 0.1) is 12.8 Å². The van der Waals surface area contributed by atoms with Gasteiger partial charge in [-0.15, -0.1) is 0 Å². The third kappa shape index (κ3) is 14.8. The van der Waals surface area contributed by atoms with E-state index in [1.807, 2.05) is 0 Å². The standard InChI is InChI=1S/C8H10O6.2Ca.4H/c1-5(9)13-7(11)3-4-8(12)14-6(2)10;;;;;;/h3-4H2,1-2H3;;;;;;/q;2*+2;4*-1. The molecule has 8 heteroatoms. The summed E-state index contributed by atoms with van der Waals surface area (Å²) >= 11 is 0. The minimum absolute atomic E-state index is 0. The Bertz CT molecular complexity index is 262. The van der Waals surface area contributed by atoms with Crippen molar-refractivity contribution >= 4 is 99.4 Å². The molecule has 0 bridgehead atoms. The Hall–Kier alpha value is 0.799. The molecule has 0 atom stereocenters.